The molecule has 1 heterocycles. The first-order valence-corrected chi connectivity index (χ1v) is 10.4. The molecule has 0 radical (unpaired) electrons. The molecule has 0 bridgehead atoms. The number of hydrogen-bond acceptors (Lipinski definition) is 4. The molecule has 2 atom stereocenters. The van der Waals surface area contributed by atoms with Gasteiger partial charge >= 0.3 is 6.18 Å². The molecule has 2 aromatic carbocycles. The lowest BCUT2D eigenvalue weighted by Crippen LogP contribution is -2.58. The van der Waals surface area contributed by atoms with E-state index in [4.69, 9.17) is 17.3 Å². The average molecular weight is 470 g/mol. The molecule has 172 valence electrons. The van der Waals surface area contributed by atoms with Crippen LogP contribution in [-0.4, -0.2) is 40.6 Å². The van der Waals surface area contributed by atoms with Crippen molar-refractivity contribution in [3.05, 3.63) is 70.2 Å². The molecule has 1 aliphatic heterocycles. The number of rotatable bonds is 6. The Morgan fingerprint density at radius 3 is 2.47 bits per heavy atom. The molecule has 1 aliphatic rings. The summed E-state index contributed by atoms with van der Waals surface area (Å²) >= 11 is 5.99. The van der Waals surface area contributed by atoms with E-state index in [2.05, 4.69) is 5.32 Å². The summed E-state index contributed by atoms with van der Waals surface area (Å²) in [5.41, 5.74) is 2.76. The molecule has 0 aliphatic carbocycles. The van der Waals surface area contributed by atoms with E-state index in [1.54, 1.807) is 18.2 Å². The molecule has 0 aromatic heterocycles. The Bertz CT molecular complexity index is 987. The second kappa shape index (κ2) is 9.48. The zero-order valence-electron chi connectivity index (χ0n) is 17.0. The number of carbonyl (C=O) groups is 2. The summed E-state index contributed by atoms with van der Waals surface area (Å²) in [6.07, 6.45) is -4.76. The quantitative estimate of drug-likeness (QED) is 0.606. The van der Waals surface area contributed by atoms with Gasteiger partial charge in [-0.3, -0.25) is 9.59 Å². The van der Waals surface area contributed by atoms with Crippen LogP contribution in [0.5, 0.6) is 0 Å². The average Bonchev–Trinajstić information content (AvgIpc) is 3.26. The van der Waals surface area contributed by atoms with Crippen molar-refractivity contribution in [1.82, 2.24) is 10.2 Å². The Labute approximate surface area is 188 Å². The van der Waals surface area contributed by atoms with Crippen molar-refractivity contribution < 1.29 is 27.9 Å². The molecule has 4 N–H and O–H groups in total. The van der Waals surface area contributed by atoms with E-state index in [-0.39, 0.29) is 26.1 Å². The summed E-state index contributed by atoms with van der Waals surface area (Å²) in [5.74, 6) is -2.18. The van der Waals surface area contributed by atoms with Gasteiger partial charge in [-0.05, 0) is 36.1 Å². The van der Waals surface area contributed by atoms with Crippen molar-refractivity contribution in [3.63, 3.8) is 0 Å². The molecule has 3 rings (SSSR count). The number of likely N-dealkylation sites (tertiary alicyclic amines) is 1. The van der Waals surface area contributed by atoms with Gasteiger partial charge in [0.2, 0.25) is 5.91 Å². The Kier molecular flexibility index (Phi) is 7.12. The minimum atomic E-state index is -5.27. The van der Waals surface area contributed by atoms with Gasteiger partial charge in [-0.1, -0.05) is 48.0 Å². The fraction of sp³-hybridized carbons (Fsp3) is 0.364. The predicted octanol–water partition coefficient (Wildman–Crippen LogP) is 2.86. The number of alkyl halides is 3. The molecule has 0 spiro atoms. The molecule has 32 heavy (non-hydrogen) atoms. The number of nitrogens with one attached hydrogen (secondary N) is 1. The smallest absolute Gasteiger partial charge is 0.369 e. The number of hydrogen-bond donors (Lipinski definition) is 3. The van der Waals surface area contributed by atoms with Crippen LogP contribution in [0, 0.1) is 0 Å². The van der Waals surface area contributed by atoms with Crippen molar-refractivity contribution in [2.45, 2.75) is 43.8 Å². The van der Waals surface area contributed by atoms with Gasteiger partial charge in [0.05, 0.1) is 0 Å². The molecular weight excluding hydrogens is 447 g/mol. The Balaban J connectivity index is 1.81. The highest BCUT2D eigenvalue weighted by Gasteiger charge is 2.63. The number of nitrogens with zero attached hydrogens (tertiary/aromatic N) is 1. The number of amides is 2. The fourth-order valence-corrected chi connectivity index (χ4v) is 4.03. The number of nitrogens with two attached hydrogens (primary N) is 1. The molecule has 2 aromatic rings. The third kappa shape index (κ3) is 4.60. The van der Waals surface area contributed by atoms with E-state index in [1.807, 2.05) is 0 Å². The Morgan fingerprint density at radius 2 is 1.84 bits per heavy atom. The third-order valence-corrected chi connectivity index (χ3v) is 5.80. The van der Waals surface area contributed by atoms with E-state index in [1.165, 1.54) is 18.2 Å². The van der Waals surface area contributed by atoms with Crippen LogP contribution in [-0.2, 0) is 28.3 Å². The zero-order valence-corrected chi connectivity index (χ0v) is 17.8. The normalized spacial score (nSPS) is 18.3. The van der Waals surface area contributed by atoms with Crippen LogP contribution in [0.25, 0.3) is 0 Å². The Hall–Kier alpha value is -2.62. The maximum absolute atomic E-state index is 13.9. The molecule has 10 heteroatoms. The lowest BCUT2D eigenvalue weighted by molar-refractivity contribution is -0.262. The standard InChI is InChI=1S/C22H23ClF3N3O3/c23-17-9-8-14(12-27)15(11-17)13-28-19(30)18-7-4-10-29(18)20(31)21(32,22(24,25)26)16-5-2-1-3-6-16/h1-3,5-6,8-9,11,18,32H,4,7,10,12-13,27H2,(H,28,30). The zero-order chi connectivity index (χ0) is 23.5. The molecular formula is C22H23ClF3N3O3. The predicted molar refractivity (Wildman–Crippen MR) is 112 cm³/mol. The number of halogens is 4. The summed E-state index contributed by atoms with van der Waals surface area (Å²) in [4.78, 5) is 26.6. The lowest BCUT2D eigenvalue weighted by atomic mass is 9.91. The summed E-state index contributed by atoms with van der Waals surface area (Å²) in [7, 11) is 0. The molecule has 0 saturated carbocycles. The first-order chi connectivity index (χ1) is 15.1. The van der Waals surface area contributed by atoms with Gasteiger partial charge in [0.25, 0.3) is 11.5 Å². The first-order valence-electron chi connectivity index (χ1n) is 10.0. The third-order valence-electron chi connectivity index (χ3n) is 5.57. The number of aliphatic hydroxyl groups is 1. The number of carbonyl (C=O) groups excluding carboxylic acids is 2. The van der Waals surface area contributed by atoms with E-state index >= 15 is 0 Å². The van der Waals surface area contributed by atoms with Crippen molar-refractivity contribution in [1.29, 1.82) is 0 Å². The van der Waals surface area contributed by atoms with Crippen LogP contribution < -0.4 is 11.1 Å². The van der Waals surface area contributed by atoms with Gasteiger partial charge in [-0.15, -0.1) is 0 Å². The van der Waals surface area contributed by atoms with Crippen LogP contribution in [0.1, 0.15) is 29.5 Å². The van der Waals surface area contributed by atoms with Crippen LogP contribution in [0.2, 0.25) is 5.02 Å². The first kappa shape index (κ1) is 24.0. The topological polar surface area (TPSA) is 95.7 Å². The van der Waals surface area contributed by atoms with Crippen LogP contribution in [0.15, 0.2) is 48.5 Å². The lowest BCUT2D eigenvalue weighted by Gasteiger charge is -2.35. The minimum Gasteiger partial charge on any atom is -0.369 e. The van der Waals surface area contributed by atoms with Crippen LogP contribution in [0.4, 0.5) is 13.2 Å². The van der Waals surface area contributed by atoms with E-state index in [0.717, 1.165) is 22.6 Å². The van der Waals surface area contributed by atoms with Crippen LogP contribution in [0.3, 0.4) is 0 Å². The maximum atomic E-state index is 13.9. The Morgan fingerprint density at radius 1 is 1.16 bits per heavy atom. The van der Waals surface area contributed by atoms with Crippen molar-refractivity contribution in [2.75, 3.05) is 6.54 Å². The monoisotopic (exact) mass is 469 g/mol. The second-order valence-corrected chi connectivity index (χ2v) is 8.00. The largest absolute Gasteiger partial charge is 0.430 e. The van der Waals surface area contributed by atoms with Gasteiger partial charge in [-0.25, -0.2) is 0 Å². The molecule has 2 amide bonds. The maximum Gasteiger partial charge on any atom is 0.430 e. The van der Waals surface area contributed by atoms with Gasteiger partial charge in [0, 0.05) is 30.2 Å². The van der Waals surface area contributed by atoms with Crippen LogP contribution >= 0.6 is 11.6 Å². The summed E-state index contributed by atoms with van der Waals surface area (Å²) < 4.78 is 41.7. The summed E-state index contributed by atoms with van der Waals surface area (Å²) in [6.45, 7) is 0.187. The molecule has 6 nitrogen and oxygen atoms in total. The van der Waals surface area contributed by atoms with Crippen molar-refractivity contribution >= 4 is 23.4 Å². The fourth-order valence-electron chi connectivity index (χ4n) is 3.84. The number of benzene rings is 2. The minimum absolute atomic E-state index is 0.0483. The summed E-state index contributed by atoms with van der Waals surface area (Å²) in [5, 5.41) is 13.7. The van der Waals surface area contributed by atoms with E-state index in [9.17, 15) is 27.9 Å². The SMILES string of the molecule is NCc1ccc(Cl)cc1CNC(=O)C1CCCN1C(=O)C(O)(c1ccccc1)C(F)(F)F. The molecule has 1 fully saturated rings. The highest BCUT2D eigenvalue weighted by Crippen LogP contribution is 2.41. The van der Waals surface area contributed by atoms with Gasteiger partial charge < -0.3 is 21.1 Å². The van der Waals surface area contributed by atoms with Crippen molar-refractivity contribution in [3.8, 4) is 0 Å². The highest BCUT2D eigenvalue weighted by atomic mass is 35.5. The van der Waals surface area contributed by atoms with Gasteiger partial charge in [0.1, 0.15) is 6.04 Å². The second-order valence-electron chi connectivity index (χ2n) is 7.57. The molecule has 2 unspecified atom stereocenters. The van der Waals surface area contributed by atoms with Gasteiger partial charge in [-0.2, -0.15) is 13.2 Å². The van der Waals surface area contributed by atoms with E-state index < -0.39 is 35.2 Å². The summed E-state index contributed by atoms with van der Waals surface area (Å²) in [6, 6.07) is 10.0. The van der Waals surface area contributed by atoms with Gasteiger partial charge in [0.15, 0.2) is 0 Å². The van der Waals surface area contributed by atoms with E-state index in [0.29, 0.717) is 17.0 Å². The highest BCUT2D eigenvalue weighted by molar-refractivity contribution is 6.30. The van der Waals surface area contributed by atoms with Crippen molar-refractivity contribution in [2.24, 2.45) is 5.73 Å². The molecule has 1 saturated heterocycles.